The number of hydrogen-bond donors (Lipinski definition) is 1. The molecule has 5 heteroatoms. The molecule has 2 aliphatic rings. The number of rotatable bonds is 3. The van der Waals surface area contributed by atoms with Crippen LogP contribution in [0.15, 0.2) is 0 Å². The summed E-state index contributed by atoms with van der Waals surface area (Å²) in [6, 6.07) is 0. The summed E-state index contributed by atoms with van der Waals surface area (Å²) in [5.41, 5.74) is -1.25. The molecule has 0 atom stereocenters. The van der Waals surface area contributed by atoms with Gasteiger partial charge in [-0.2, -0.15) is 0 Å². The maximum atomic E-state index is 12.4. The zero-order chi connectivity index (χ0) is 14.4. The van der Waals surface area contributed by atoms with E-state index in [2.05, 4.69) is 0 Å². The molecule has 0 aromatic carbocycles. The van der Waals surface area contributed by atoms with Crippen LogP contribution >= 0.6 is 0 Å². The molecule has 0 spiro atoms. The molecule has 0 heterocycles. The molecule has 2 saturated carbocycles. The van der Waals surface area contributed by atoms with Crippen molar-refractivity contribution in [3.8, 4) is 0 Å². The first-order valence-corrected chi connectivity index (χ1v) is 8.10. The topological polar surface area (TPSA) is 63.6 Å². The number of esters is 1. The number of carbonyl (C=O) groups is 2. The second kappa shape index (κ2) is 9.06. The van der Waals surface area contributed by atoms with E-state index in [1.165, 1.54) is 12.8 Å². The van der Waals surface area contributed by atoms with Crippen LogP contribution in [0.3, 0.4) is 0 Å². The van der Waals surface area contributed by atoms with Gasteiger partial charge in [0.05, 0.1) is 5.92 Å². The second-order valence-corrected chi connectivity index (χ2v) is 6.32. The molecule has 0 aromatic rings. The van der Waals surface area contributed by atoms with Crippen LogP contribution in [0.2, 0.25) is 0 Å². The first-order chi connectivity index (χ1) is 9.64. The van der Waals surface area contributed by atoms with Crippen molar-refractivity contribution in [2.24, 2.45) is 5.92 Å². The van der Waals surface area contributed by atoms with Crippen LogP contribution in [-0.2, 0) is 14.3 Å². The molecule has 0 unspecified atom stereocenters. The van der Waals surface area contributed by atoms with Gasteiger partial charge in [0.25, 0.3) is 0 Å². The van der Waals surface area contributed by atoms with E-state index >= 15 is 0 Å². The molecule has 0 saturated heterocycles. The average Bonchev–Trinajstić information content (AvgIpc) is 2.81. The Bertz CT molecular complexity index is 340. The fourth-order valence-corrected chi connectivity index (χ4v) is 3.45. The zero-order valence-electron chi connectivity index (χ0n) is 12.2. The Kier molecular flexibility index (Phi) is 8.14. The molecule has 0 aromatic heterocycles. The number of carboxylic acids is 1. The van der Waals surface area contributed by atoms with Crippen LogP contribution < -0.4 is 0 Å². The molecule has 120 valence electrons. The van der Waals surface area contributed by atoms with E-state index in [4.69, 9.17) is 4.74 Å². The van der Waals surface area contributed by atoms with E-state index in [9.17, 15) is 14.7 Å². The third kappa shape index (κ3) is 5.19. The van der Waals surface area contributed by atoms with E-state index in [0.29, 0.717) is 12.8 Å². The third-order valence-electron chi connectivity index (χ3n) is 4.79. The van der Waals surface area contributed by atoms with Crippen molar-refractivity contribution in [3.05, 3.63) is 0 Å². The molecular formula is C16H29InO4. The molecule has 2 aliphatic carbocycles. The van der Waals surface area contributed by atoms with Crippen LogP contribution in [-0.4, -0.2) is 48.5 Å². The van der Waals surface area contributed by atoms with Crippen molar-refractivity contribution >= 4 is 37.8 Å². The molecule has 0 radical (unpaired) electrons. The van der Waals surface area contributed by atoms with Crippen LogP contribution in [0, 0.1) is 5.92 Å². The SMILES string of the molecule is O=C(OC1(C(=O)O)CCCCCC1)C1CCCCCC1.[InH3]. The number of hydrogen-bond acceptors (Lipinski definition) is 3. The van der Waals surface area contributed by atoms with E-state index in [-0.39, 0.29) is 37.7 Å². The number of aliphatic carboxylic acids is 1. The fraction of sp³-hybridized carbons (Fsp3) is 0.875. The molecule has 0 amide bonds. The molecular weight excluding hydrogens is 371 g/mol. The Morgan fingerprint density at radius 3 is 1.81 bits per heavy atom. The van der Waals surface area contributed by atoms with Crippen molar-refractivity contribution in [2.75, 3.05) is 0 Å². The van der Waals surface area contributed by atoms with E-state index < -0.39 is 11.6 Å². The zero-order valence-corrected chi connectivity index (χ0v) is 12.2. The van der Waals surface area contributed by atoms with Gasteiger partial charge in [0.15, 0.2) is 0 Å². The predicted molar refractivity (Wildman–Crippen MR) is 85.3 cm³/mol. The van der Waals surface area contributed by atoms with Gasteiger partial charge in [-0.3, -0.25) is 4.79 Å². The quantitative estimate of drug-likeness (QED) is 0.584. The van der Waals surface area contributed by atoms with Crippen molar-refractivity contribution in [1.82, 2.24) is 0 Å². The maximum absolute atomic E-state index is 12.4. The Morgan fingerprint density at radius 1 is 0.857 bits per heavy atom. The predicted octanol–water partition coefficient (Wildman–Crippen LogP) is 2.49. The fourth-order valence-electron chi connectivity index (χ4n) is 3.45. The Labute approximate surface area is 145 Å². The van der Waals surface area contributed by atoms with Gasteiger partial charge >= 0.3 is 37.8 Å². The van der Waals surface area contributed by atoms with Crippen molar-refractivity contribution in [3.63, 3.8) is 0 Å². The Balaban J connectivity index is 0.00000220. The minimum atomic E-state index is -1.25. The summed E-state index contributed by atoms with van der Waals surface area (Å²) >= 11 is 0. The molecule has 4 nitrogen and oxygen atoms in total. The molecule has 2 rings (SSSR count). The summed E-state index contributed by atoms with van der Waals surface area (Å²) in [5.74, 6) is -1.31. The van der Waals surface area contributed by atoms with Crippen molar-refractivity contribution in [2.45, 2.75) is 82.7 Å². The van der Waals surface area contributed by atoms with Crippen LogP contribution in [0.4, 0.5) is 0 Å². The summed E-state index contributed by atoms with van der Waals surface area (Å²) < 4.78 is 5.58. The Morgan fingerprint density at radius 2 is 1.33 bits per heavy atom. The van der Waals surface area contributed by atoms with Gasteiger partial charge in [-0.1, -0.05) is 38.5 Å². The molecule has 2 fully saturated rings. The normalized spacial score (nSPS) is 23.2. The number of carbonyl (C=O) groups excluding carboxylic acids is 1. The van der Waals surface area contributed by atoms with Crippen LogP contribution in [0.25, 0.3) is 0 Å². The van der Waals surface area contributed by atoms with Gasteiger partial charge in [0, 0.05) is 0 Å². The van der Waals surface area contributed by atoms with Crippen LogP contribution in [0.1, 0.15) is 77.0 Å². The molecule has 0 aliphatic heterocycles. The first kappa shape index (κ1) is 18.9. The van der Waals surface area contributed by atoms with Crippen molar-refractivity contribution < 1.29 is 19.4 Å². The van der Waals surface area contributed by atoms with E-state index in [1.54, 1.807) is 0 Å². The summed E-state index contributed by atoms with van der Waals surface area (Å²) in [6.45, 7) is 0. The first-order valence-electron chi connectivity index (χ1n) is 8.10. The van der Waals surface area contributed by atoms with Crippen molar-refractivity contribution in [1.29, 1.82) is 0 Å². The summed E-state index contributed by atoms with van der Waals surface area (Å²) in [4.78, 5) is 24.0. The van der Waals surface area contributed by atoms with Crippen LogP contribution in [0.5, 0.6) is 0 Å². The van der Waals surface area contributed by atoms with Gasteiger partial charge < -0.3 is 9.84 Å². The summed E-state index contributed by atoms with van der Waals surface area (Å²) in [7, 11) is 0. The monoisotopic (exact) mass is 400 g/mol. The molecule has 1 N–H and O–H groups in total. The van der Waals surface area contributed by atoms with Gasteiger partial charge in [-0.25, -0.2) is 4.79 Å². The molecule has 0 bridgehead atoms. The minimum absolute atomic E-state index is 0. The second-order valence-electron chi connectivity index (χ2n) is 6.32. The van der Waals surface area contributed by atoms with Gasteiger partial charge in [0.1, 0.15) is 0 Å². The number of carboxylic acid groups (broad SMARTS) is 1. The summed E-state index contributed by atoms with van der Waals surface area (Å²) in [6.07, 6.45) is 10.9. The van der Waals surface area contributed by atoms with Gasteiger partial charge in [-0.15, -0.1) is 0 Å². The van der Waals surface area contributed by atoms with Gasteiger partial charge in [-0.05, 0) is 38.5 Å². The Hall–Kier alpha value is -0.190. The third-order valence-corrected chi connectivity index (χ3v) is 4.79. The standard InChI is InChI=1S/C16H26O4.In.3H/c17-14(13-9-5-1-2-6-10-13)20-16(15(18)19)11-7-3-4-8-12-16;;;;/h13H,1-12H2,(H,18,19);;;;. The van der Waals surface area contributed by atoms with E-state index in [0.717, 1.165) is 51.4 Å². The molecule has 21 heavy (non-hydrogen) atoms. The average molecular weight is 400 g/mol. The van der Waals surface area contributed by atoms with E-state index in [1.807, 2.05) is 0 Å². The number of ether oxygens (including phenoxy) is 1. The summed E-state index contributed by atoms with van der Waals surface area (Å²) in [5, 5.41) is 9.54. The van der Waals surface area contributed by atoms with Gasteiger partial charge in [0.2, 0.25) is 5.60 Å².